The number of nitrogens with one attached hydrogen (secondary N) is 2. The maximum absolute atomic E-state index is 11.6. The maximum atomic E-state index is 11.6. The number of nitrogens with zero attached hydrogens (tertiary/aromatic N) is 1. The topological polar surface area (TPSA) is 44.4 Å². The summed E-state index contributed by atoms with van der Waals surface area (Å²) < 4.78 is 0. The molecule has 0 aliphatic rings. The Morgan fingerprint density at radius 3 is 2.50 bits per heavy atom. The Morgan fingerprint density at radius 2 is 1.95 bits per heavy atom. The van der Waals surface area contributed by atoms with E-state index in [-0.39, 0.29) is 12.5 Å². The zero-order valence-corrected chi connectivity index (χ0v) is 13.4. The lowest BCUT2D eigenvalue weighted by atomic mass is 10.1. The Hall–Kier alpha value is -1.62. The third kappa shape index (κ3) is 4.81. The second kappa shape index (κ2) is 7.85. The van der Waals surface area contributed by atoms with Crippen LogP contribution in [0, 0.1) is 13.8 Å². The van der Waals surface area contributed by atoms with Crippen LogP contribution in [0.25, 0.3) is 0 Å². The van der Waals surface area contributed by atoms with Crippen LogP contribution in [0.15, 0.2) is 18.2 Å². The molecule has 0 spiro atoms. The zero-order chi connectivity index (χ0) is 15.1. The van der Waals surface area contributed by atoms with Gasteiger partial charge in [0.2, 0.25) is 5.91 Å². The monoisotopic (exact) mass is 293 g/mol. The van der Waals surface area contributed by atoms with Gasteiger partial charge >= 0.3 is 0 Å². The predicted molar refractivity (Wildman–Crippen MR) is 88.1 cm³/mol. The average Bonchev–Trinajstić information content (AvgIpc) is 2.40. The van der Waals surface area contributed by atoms with Crippen molar-refractivity contribution in [3.8, 4) is 0 Å². The number of anilines is 1. The minimum absolute atomic E-state index is 0.0152. The minimum atomic E-state index is -0.0152. The normalized spacial score (nSPS) is 10.0. The first-order chi connectivity index (χ1) is 9.47. The van der Waals surface area contributed by atoms with Crippen molar-refractivity contribution in [1.82, 2.24) is 10.2 Å². The summed E-state index contributed by atoms with van der Waals surface area (Å²) in [5.74, 6) is -0.0152. The largest absolute Gasteiger partial charge is 0.355 e. The van der Waals surface area contributed by atoms with Crippen LogP contribution in [-0.2, 0) is 4.79 Å². The molecule has 1 rings (SSSR count). The number of aryl methyl sites for hydroxylation is 2. The van der Waals surface area contributed by atoms with Crippen molar-refractivity contribution >= 4 is 28.9 Å². The van der Waals surface area contributed by atoms with E-state index in [2.05, 4.69) is 36.6 Å². The Morgan fingerprint density at radius 1 is 1.25 bits per heavy atom. The lowest BCUT2D eigenvalue weighted by Crippen LogP contribution is -2.42. The molecule has 0 aliphatic carbocycles. The van der Waals surface area contributed by atoms with Gasteiger partial charge in [0.25, 0.3) is 0 Å². The van der Waals surface area contributed by atoms with Crippen LogP contribution in [0.4, 0.5) is 5.69 Å². The molecule has 1 amide bonds. The summed E-state index contributed by atoms with van der Waals surface area (Å²) in [6, 6.07) is 6.11. The van der Waals surface area contributed by atoms with E-state index >= 15 is 0 Å². The fourth-order valence-corrected chi connectivity index (χ4v) is 2.09. The molecule has 0 radical (unpaired) electrons. The number of hydrogen-bond acceptors (Lipinski definition) is 2. The van der Waals surface area contributed by atoms with Crippen molar-refractivity contribution in [2.45, 2.75) is 27.7 Å². The van der Waals surface area contributed by atoms with Gasteiger partial charge in [-0.1, -0.05) is 6.07 Å². The molecule has 0 bridgehead atoms. The lowest BCUT2D eigenvalue weighted by molar-refractivity contribution is -0.121. The summed E-state index contributed by atoms with van der Waals surface area (Å²) in [6.07, 6.45) is 0. The van der Waals surface area contributed by atoms with E-state index in [0.717, 1.165) is 5.69 Å². The third-order valence-electron chi connectivity index (χ3n) is 3.14. The molecule has 4 nitrogen and oxygen atoms in total. The Balaban J connectivity index is 2.67. The van der Waals surface area contributed by atoms with Crippen LogP contribution in [0.5, 0.6) is 0 Å². The summed E-state index contributed by atoms with van der Waals surface area (Å²) in [4.78, 5) is 13.5. The Bertz CT molecular complexity index is 488. The van der Waals surface area contributed by atoms with Gasteiger partial charge < -0.3 is 15.5 Å². The fourth-order valence-electron chi connectivity index (χ4n) is 1.78. The van der Waals surface area contributed by atoms with E-state index in [0.29, 0.717) is 18.2 Å². The van der Waals surface area contributed by atoms with Crippen LogP contribution >= 0.6 is 12.2 Å². The number of likely N-dealkylation sites (N-methyl/N-ethyl adjacent to an activating group) is 2. The molecule has 1 aromatic rings. The molecule has 1 aromatic carbocycles. The molecule has 5 heteroatoms. The molecular formula is C15H23N3OS. The van der Waals surface area contributed by atoms with Crippen molar-refractivity contribution in [1.29, 1.82) is 0 Å². The molecule has 0 aliphatic heterocycles. The lowest BCUT2D eigenvalue weighted by Gasteiger charge is -2.24. The molecule has 0 fully saturated rings. The maximum Gasteiger partial charge on any atom is 0.239 e. The second-order valence-corrected chi connectivity index (χ2v) is 5.08. The van der Waals surface area contributed by atoms with Gasteiger partial charge in [-0.05, 0) is 63.2 Å². The first-order valence-corrected chi connectivity index (χ1v) is 7.28. The van der Waals surface area contributed by atoms with Crippen molar-refractivity contribution in [3.63, 3.8) is 0 Å². The highest BCUT2D eigenvalue weighted by molar-refractivity contribution is 7.80. The zero-order valence-electron chi connectivity index (χ0n) is 12.6. The van der Waals surface area contributed by atoms with Crippen molar-refractivity contribution < 1.29 is 4.79 Å². The molecule has 20 heavy (non-hydrogen) atoms. The van der Waals surface area contributed by atoms with Gasteiger partial charge in [0.1, 0.15) is 0 Å². The summed E-state index contributed by atoms with van der Waals surface area (Å²) in [5, 5.41) is 6.53. The van der Waals surface area contributed by atoms with Gasteiger partial charge in [0.15, 0.2) is 5.11 Å². The molecule has 0 atom stereocenters. The summed E-state index contributed by atoms with van der Waals surface area (Å²) in [7, 11) is 0. The second-order valence-electron chi connectivity index (χ2n) is 4.70. The number of carbonyl (C=O) groups is 1. The molecule has 0 saturated carbocycles. The van der Waals surface area contributed by atoms with Crippen LogP contribution in [0.1, 0.15) is 25.0 Å². The Labute approximate surface area is 126 Å². The van der Waals surface area contributed by atoms with Gasteiger partial charge in [-0.2, -0.15) is 0 Å². The highest BCUT2D eigenvalue weighted by Crippen LogP contribution is 2.14. The quantitative estimate of drug-likeness (QED) is 0.819. The van der Waals surface area contributed by atoms with Crippen LogP contribution in [-0.4, -0.2) is 35.6 Å². The molecular weight excluding hydrogens is 270 g/mol. The van der Waals surface area contributed by atoms with E-state index < -0.39 is 0 Å². The van der Waals surface area contributed by atoms with Gasteiger partial charge in [-0.15, -0.1) is 0 Å². The van der Waals surface area contributed by atoms with E-state index in [1.165, 1.54) is 11.1 Å². The molecule has 0 heterocycles. The summed E-state index contributed by atoms with van der Waals surface area (Å²) in [6.45, 7) is 9.62. The van der Waals surface area contributed by atoms with E-state index in [9.17, 15) is 4.79 Å². The van der Waals surface area contributed by atoms with Crippen molar-refractivity contribution in [2.75, 3.05) is 25.0 Å². The predicted octanol–water partition coefficient (Wildman–Crippen LogP) is 2.46. The number of thiocarbonyl (C=S) groups is 1. The summed E-state index contributed by atoms with van der Waals surface area (Å²) >= 11 is 5.37. The molecule has 0 unspecified atom stereocenters. The van der Waals surface area contributed by atoms with Crippen molar-refractivity contribution in [2.24, 2.45) is 0 Å². The van der Waals surface area contributed by atoms with Gasteiger partial charge in [-0.3, -0.25) is 4.79 Å². The number of benzene rings is 1. The molecule has 2 N–H and O–H groups in total. The molecule has 0 saturated heterocycles. The number of carbonyl (C=O) groups excluding carboxylic acids is 1. The van der Waals surface area contributed by atoms with Crippen LogP contribution < -0.4 is 10.6 Å². The van der Waals surface area contributed by atoms with Crippen LogP contribution in [0.2, 0.25) is 0 Å². The molecule has 110 valence electrons. The minimum Gasteiger partial charge on any atom is -0.355 e. The number of hydrogen-bond donors (Lipinski definition) is 2. The first-order valence-electron chi connectivity index (χ1n) is 6.87. The standard InChI is InChI=1S/C15H23N3OS/c1-5-16-14(19)10-18(6-2)15(20)17-13-8-7-11(3)12(4)9-13/h7-9H,5-6,10H2,1-4H3,(H,16,19)(H,17,20). The summed E-state index contributed by atoms with van der Waals surface area (Å²) in [5.41, 5.74) is 3.41. The van der Waals surface area contributed by atoms with Gasteiger partial charge in [0, 0.05) is 18.8 Å². The van der Waals surface area contributed by atoms with E-state index in [1.807, 2.05) is 24.8 Å². The SMILES string of the molecule is CCNC(=O)CN(CC)C(=S)Nc1ccc(C)c(C)c1. The van der Waals surface area contributed by atoms with E-state index in [4.69, 9.17) is 12.2 Å². The van der Waals surface area contributed by atoms with Gasteiger partial charge in [0.05, 0.1) is 6.54 Å². The average molecular weight is 293 g/mol. The molecule has 0 aromatic heterocycles. The van der Waals surface area contributed by atoms with Gasteiger partial charge in [-0.25, -0.2) is 0 Å². The number of amides is 1. The van der Waals surface area contributed by atoms with Crippen LogP contribution in [0.3, 0.4) is 0 Å². The first kappa shape index (κ1) is 16.4. The highest BCUT2D eigenvalue weighted by atomic mass is 32.1. The van der Waals surface area contributed by atoms with E-state index in [1.54, 1.807) is 0 Å². The third-order valence-corrected chi connectivity index (χ3v) is 3.50. The highest BCUT2D eigenvalue weighted by Gasteiger charge is 2.12. The fraction of sp³-hybridized carbons (Fsp3) is 0.467. The smallest absolute Gasteiger partial charge is 0.239 e. The number of rotatable bonds is 5. The van der Waals surface area contributed by atoms with Crippen molar-refractivity contribution in [3.05, 3.63) is 29.3 Å². The Kier molecular flexibility index (Phi) is 6.45.